The Morgan fingerprint density at radius 3 is 1.57 bits per heavy atom. The topological polar surface area (TPSA) is 151 Å². The summed E-state index contributed by atoms with van der Waals surface area (Å²) in [6.07, 6.45) is 0. The number of benzene rings is 2. The van der Waals surface area contributed by atoms with Crippen LogP contribution in [0.1, 0.15) is 41.4 Å². The van der Waals surface area contributed by atoms with E-state index in [1.807, 2.05) is 0 Å². The van der Waals surface area contributed by atoms with Crippen LogP contribution in [0, 0.1) is 10.1 Å². The molecule has 11 heteroatoms. The van der Waals surface area contributed by atoms with Gasteiger partial charge in [0.2, 0.25) is 0 Å². The van der Waals surface area contributed by atoms with E-state index in [1.165, 1.54) is 18.2 Å². The third kappa shape index (κ3) is 4.95. The second-order valence-corrected chi connectivity index (χ2v) is 5.75. The van der Waals surface area contributed by atoms with Crippen LogP contribution in [0.15, 0.2) is 36.4 Å². The molecule has 0 spiro atoms. The van der Waals surface area contributed by atoms with Crippen LogP contribution in [0.5, 0.6) is 0 Å². The largest absolute Gasteiger partial charge is 0.465 e. The molecule has 0 aliphatic carbocycles. The number of carbonyl (C=O) groups is 4. The van der Waals surface area contributed by atoms with Gasteiger partial charge in [-0.2, -0.15) is 0 Å². The summed E-state index contributed by atoms with van der Waals surface area (Å²) in [5.41, 5.74) is -0.964. The number of non-ortho nitro benzene ring substituents is 1. The van der Waals surface area contributed by atoms with Crippen molar-refractivity contribution in [3.05, 3.63) is 68.8 Å². The molecule has 0 aliphatic heterocycles. The monoisotopic (exact) mass is 416 g/mol. The standard InChI is InChI=1S/C19H16N2O9/c1-28-17(23)11-5-12(18(24)29-2)7-14(6-11)20-16(22)10-4-13(19(25)30-3)9-15(8-10)21(26)27/h4-9H,1-3H3,(H,20,22). The summed E-state index contributed by atoms with van der Waals surface area (Å²) in [6, 6.07) is 6.75. The molecular weight excluding hydrogens is 400 g/mol. The van der Waals surface area contributed by atoms with Gasteiger partial charge in [-0.15, -0.1) is 0 Å². The predicted molar refractivity (Wildman–Crippen MR) is 102 cm³/mol. The number of ether oxygens (including phenoxy) is 3. The van der Waals surface area contributed by atoms with E-state index in [4.69, 9.17) is 0 Å². The smallest absolute Gasteiger partial charge is 0.338 e. The molecule has 156 valence electrons. The normalized spacial score (nSPS) is 9.97. The zero-order chi connectivity index (χ0) is 22.4. The Kier molecular flexibility index (Phi) is 6.81. The van der Waals surface area contributed by atoms with E-state index >= 15 is 0 Å². The van der Waals surface area contributed by atoms with E-state index in [1.54, 1.807) is 0 Å². The molecule has 0 aromatic heterocycles. The SMILES string of the molecule is COC(=O)c1cc(NC(=O)c2cc(C(=O)OC)cc([N+](=O)[O-])c2)cc(C(=O)OC)c1. The van der Waals surface area contributed by atoms with Crippen molar-refractivity contribution in [1.29, 1.82) is 0 Å². The summed E-state index contributed by atoms with van der Waals surface area (Å²) >= 11 is 0. The fourth-order valence-corrected chi connectivity index (χ4v) is 2.46. The van der Waals surface area contributed by atoms with Crippen molar-refractivity contribution < 1.29 is 38.3 Å². The minimum Gasteiger partial charge on any atom is -0.465 e. The minimum absolute atomic E-state index is 0.0226. The molecule has 0 atom stereocenters. The van der Waals surface area contributed by atoms with Crippen LogP contribution in [-0.4, -0.2) is 50.1 Å². The molecule has 0 radical (unpaired) electrons. The van der Waals surface area contributed by atoms with Crippen LogP contribution in [0.3, 0.4) is 0 Å². The number of nitro groups is 1. The fourth-order valence-electron chi connectivity index (χ4n) is 2.46. The van der Waals surface area contributed by atoms with E-state index in [0.717, 1.165) is 39.5 Å². The van der Waals surface area contributed by atoms with E-state index in [-0.39, 0.29) is 27.9 Å². The Hall–Kier alpha value is -4.28. The number of nitro benzene ring substituents is 1. The number of rotatable bonds is 6. The first kappa shape index (κ1) is 22.0. The van der Waals surface area contributed by atoms with Crippen LogP contribution in [-0.2, 0) is 14.2 Å². The second kappa shape index (κ2) is 9.28. The number of hydrogen-bond acceptors (Lipinski definition) is 9. The van der Waals surface area contributed by atoms with Crippen molar-refractivity contribution in [2.45, 2.75) is 0 Å². The van der Waals surface area contributed by atoms with E-state index in [0.29, 0.717) is 0 Å². The summed E-state index contributed by atoms with van der Waals surface area (Å²) in [6.45, 7) is 0. The molecule has 0 aliphatic rings. The Bertz CT molecular complexity index is 1010. The lowest BCUT2D eigenvalue weighted by Crippen LogP contribution is -2.15. The molecule has 2 aromatic rings. The average Bonchev–Trinajstić information content (AvgIpc) is 2.76. The summed E-state index contributed by atoms with van der Waals surface area (Å²) in [5.74, 6) is -3.23. The molecule has 0 fully saturated rings. The van der Waals surface area contributed by atoms with E-state index in [2.05, 4.69) is 19.5 Å². The highest BCUT2D eigenvalue weighted by atomic mass is 16.6. The Labute approximate surface area is 169 Å². The molecule has 0 unspecified atom stereocenters. The van der Waals surface area contributed by atoms with Gasteiger partial charge in [-0.25, -0.2) is 14.4 Å². The highest BCUT2D eigenvalue weighted by Gasteiger charge is 2.20. The molecule has 2 aromatic carbocycles. The Morgan fingerprint density at radius 2 is 1.13 bits per heavy atom. The van der Waals surface area contributed by atoms with E-state index in [9.17, 15) is 29.3 Å². The quantitative estimate of drug-likeness (QED) is 0.323. The molecular formula is C19H16N2O9. The maximum atomic E-state index is 12.6. The van der Waals surface area contributed by atoms with Crippen LogP contribution in [0.4, 0.5) is 11.4 Å². The zero-order valence-electron chi connectivity index (χ0n) is 16.1. The molecule has 0 heterocycles. The highest BCUT2D eigenvalue weighted by Crippen LogP contribution is 2.21. The van der Waals surface area contributed by atoms with Crippen LogP contribution < -0.4 is 5.32 Å². The molecule has 1 amide bonds. The number of methoxy groups -OCH3 is 3. The summed E-state index contributed by atoms with van der Waals surface area (Å²) in [4.78, 5) is 58.4. The third-order valence-corrected chi connectivity index (χ3v) is 3.84. The van der Waals surface area contributed by atoms with Gasteiger partial charge in [0.15, 0.2) is 0 Å². The third-order valence-electron chi connectivity index (χ3n) is 3.84. The predicted octanol–water partition coefficient (Wildman–Crippen LogP) is 2.21. The summed E-state index contributed by atoms with van der Waals surface area (Å²) in [5, 5.41) is 13.5. The van der Waals surface area contributed by atoms with Crippen LogP contribution in [0.25, 0.3) is 0 Å². The fraction of sp³-hybridized carbons (Fsp3) is 0.158. The average molecular weight is 416 g/mol. The van der Waals surface area contributed by atoms with Crippen molar-refractivity contribution in [2.24, 2.45) is 0 Å². The number of esters is 3. The Morgan fingerprint density at radius 1 is 0.733 bits per heavy atom. The molecule has 0 saturated heterocycles. The summed E-state index contributed by atoms with van der Waals surface area (Å²) < 4.78 is 13.8. The number of hydrogen-bond donors (Lipinski definition) is 1. The first-order chi connectivity index (χ1) is 14.2. The number of anilines is 1. The number of nitrogens with one attached hydrogen (secondary N) is 1. The minimum atomic E-state index is -0.867. The lowest BCUT2D eigenvalue weighted by molar-refractivity contribution is -0.384. The van der Waals surface area contributed by atoms with Crippen molar-refractivity contribution in [2.75, 3.05) is 26.6 Å². The van der Waals surface area contributed by atoms with Gasteiger partial charge in [-0.05, 0) is 24.3 Å². The lowest BCUT2D eigenvalue weighted by atomic mass is 10.1. The highest BCUT2D eigenvalue weighted by molar-refractivity contribution is 6.07. The molecule has 11 nitrogen and oxygen atoms in total. The molecule has 2 rings (SSSR count). The van der Waals surface area contributed by atoms with Crippen molar-refractivity contribution in [3.8, 4) is 0 Å². The molecule has 30 heavy (non-hydrogen) atoms. The first-order valence-corrected chi connectivity index (χ1v) is 8.21. The maximum absolute atomic E-state index is 12.6. The summed E-state index contributed by atoms with van der Waals surface area (Å²) in [7, 11) is 3.37. The van der Waals surface area contributed by atoms with Gasteiger partial charge in [-0.3, -0.25) is 14.9 Å². The van der Waals surface area contributed by atoms with Crippen LogP contribution in [0.2, 0.25) is 0 Å². The van der Waals surface area contributed by atoms with Gasteiger partial charge in [-0.1, -0.05) is 0 Å². The second-order valence-electron chi connectivity index (χ2n) is 5.75. The van der Waals surface area contributed by atoms with Gasteiger partial charge in [0.25, 0.3) is 11.6 Å². The van der Waals surface area contributed by atoms with Gasteiger partial charge in [0.1, 0.15) is 0 Å². The number of nitrogens with zero attached hydrogens (tertiary/aromatic N) is 1. The van der Waals surface area contributed by atoms with E-state index < -0.39 is 34.4 Å². The van der Waals surface area contributed by atoms with Gasteiger partial charge >= 0.3 is 17.9 Å². The van der Waals surface area contributed by atoms with Crippen LogP contribution >= 0.6 is 0 Å². The molecule has 1 N–H and O–H groups in total. The first-order valence-electron chi connectivity index (χ1n) is 8.21. The van der Waals surface area contributed by atoms with Crippen molar-refractivity contribution in [1.82, 2.24) is 0 Å². The number of carbonyl (C=O) groups excluding carboxylic acids is 4. The van der Waals surface area contributed by atoms with Crippen molar-refractivity contribution >= 4 is 35.2 Å². The zero-order valence-corrected chi connectivity index (χ0v) is 16.1. The number of amides is 1. The lowest BCUT2D eigenvalue weighted by Gasteiger charge is -2.10. The van der Waals surface area contributed by atoms with Gasteiger partial charge in [0, 0.05) is 23.4 Å². The van der Waals surface area contributed by atoms with Gasteiger partial charge in [0.05, 0.1) is 42.9 Å². The molecule has 0 bridgehead atoms. The maximum Gasteiger partial charge on any atom is 0.338 e. The van der Waals surface area contributed by atoms with Gasteiger partial charge < -0.3 is 19.5 Å². The van der Waals surface area contributed by atoms with Crippen molar-refractivity contribution in [3.63, 3.8) is 0 Å². The molecule has 0 saturated carbocycles. The Balaban J connectivity index is 2.47.